The maximum atomic E-state index is 11.8. The highest BCUT2D eigenvalue weighted by Gasteiger charge is 2.12. The number of hydrogen-bond acceptors (Lipinski definition) is 4. The second-order valence-electron chi connectivity index (χ2n) is 3.57. The van der Waals surface area contributed by atoms with Gasteiger partial charge in [-0.2, -0.15) is 10.4 Å². The zero-order valence-corrected chi connectivity index (χ0v) is 9.47. The maximum Gasteiger partial charge on any atom is 0.258 e. The van der Waals surface area contributed by atoms with Crippen molar-refractivity contribution < 1.29 is 4.79 Å². The fourth-order valence-electron chi connectivity index (χ4n) is 1.39. The number of hydrogen-bond donors (Lipinski definition) is 2. The molecule has 0 bridgehead atoms. The summed E-state index contributed by atoms with van der Waals surface area (Å²) in [7, 11) is 1.65. The third-order valence-corrected chi connectivity index (χ3v) is 2.23. The molecule has 90 valence electrons. The van der Waals surface area contributed by atoms with Crippen molar-refractivity contribution in [2.75, 3.05) is 5.32 Å². The van der Waals surface area contributed by atoms with E-state index in [1.54, 1.807) is 7.05 Å². The minimum atomic E-state index is -0.443. The Balaban J connectivity index is 2.24. The van der Waals surface area contributed by atoms with Gasteiger partial charge in [0, 0.05) is 25.5 Å². The summed E-state index contributed by atoms with van der Waals surface area (Å²) in [5.74, 6) is -0.252. The summed E-state index contributed by atoms with van der Waals surface area (Å²) < 4.78 is 1.43. The fraction of sp³-hybridized carbons (Fsp3) is 0.0909. The lowest BCUT2D eigenvalue weighted by atomic mass is 10.2. The Bertz CT molecular complexity index is 672. The molecule has 0 aliphatic heterocycles. The van der Waals surface area contributed by atoms with Crippen LogP contribution >= 0.6 is 0 Å². The Morgan fingerprint density at radius 3 is 2.94 bits per heavy atom. The number of amides is 1. The number of nitrogens with zero attached hydrogens (tertiary/aromatic N) is 3. The number of carbonyl (C=O) groups excluding carboxylic acids is 1. The number of pyridine rings is 1. The van der Waals surface area contributed by atoms with Gasteiger partial charge in [-0.15, -0.1) is 0 Å². The molecule has 7 heteroatoms. The first-order valence-electron chi connectivity index (χ1n) is 5.04. The largest absolute Gasteiger partial charge is 0.328 e. The van der Waals surface area contributed by atoms with Crippen LogP contribution in [-0.2, 0) is 7.05 Å². The number of nitrogens with one attached hydrogen (secondary N) is 2. The van der Waals surface area contributed by atoms with Gasteiger partial charge in [-0.05, 0) is 6.07 Å². The van der Waals surface area contributed by atoms with Crippen LogP contribution in [0.5, 0.6) is 0 Å². The molecule has 2 rings (SSSR count). The van der Waals surface area contributed by atoms with Gasteiger partial charge in [-0.25, -0.2) is 0 Å². The normalized spacial score (nSPS) is 9.78. The van der Waals surface area contributed by atoms with Crippen molar-refractivity contribution in [2.24, 2.45) is 7.05 Å². The summed E-state index contributed by atoms with van der Waals surface area (Å²) in [6.45, 7) is 0. The van der Waals surface area contributed by atoms with Crippen molar-refractivity contribution in [1.29, 1.82) is 5.26 Å². The van der Waals surface area contributed by atoms with Crippen LogP contribution in [0, 0.1) is 11.3 Å². The van der Waals surface area contributed by atoms with Crippen molar-refractivity contribution in [1.82, 2.24) is 14.8 Å². The van der Waals surface area contributed by atoms with Crippen molar-refractivity contribution in [3.05, 3.63) is 46.0 Å². The number of carbonyl (C=O) groups is 1. The van der Waals surface area contributed by atoms with Crippen molar-refractivity contribution in [3.63, 3.8) is 0 Å². The standard InChI is InChI=1S/C11H9N5O2/c1-16-6-8(4-12)10(15-16)14-11(18)7-2-3-9(17)13-5-7/h2-3,5-6H,1H3,(H,13,17)(H,14,15,18). The lowest BCUT2D eigenvalue weighted by Gasteiger charge is -2.01. The summed E-state index contributed by atoms with van der Waals surface area (Å²) in [4.78, 5) is 25.1. The van der Waals surface area contributed by atoms with Crippen molar-refractivity contribution in [2.45, 2.75) is 0 Å². The van der Waals surface area contributed by atoms with Gasteiger partial charge >= 0.3 is 0 Å². The Kier molecular flexibility index (Phi) is 2.93. The minimum Gasteiger partial charge on any atom is -0.328 e. The average molecular weight is 243 g/mol. The van der Waals surface area contributed by atoms with Crippen LogP contribution in [0.25, 0.3) is 0 Å². The molecule has 0 aromatic carbocycles. The van der Waals surface area contributed by atoms with Gasteiger partial charge in [-0.1, -0.05) is 0 Å². The van der Waals surface area contributed by atoms with Gasteiger partial charge in [0.05, 0.1) is 5.56 Å². The van der Waals surface area contributed by atoms with E-state index in [0.717, 1.165) is 0 Å². The Labute approximate surface area is 102 Å². The molecule has 2 N–H and O–H groups in total. The molecule has 0 saturated heterocycles. The van der Waals surface area contributed by atoms with Crippen molar-refractivity contribution in [3.8, 4) is 6.07 Å². The number of aryl methyl sites for hydroxylation is 1. The van der Waals surface area contributed by atoms with Gasteiger partial charge in [0.2, 0.25) is 5.56 Å². The smallest absolute Gasteiger partial charge is 0.258 e. The highest BCUT2D eigenvalue weighted by molar-refractivity contribution is 6.04. The molecule has 7 nitrogen and oxygen atoms in total. The molecule has 2 heterocycles. The van der Waals surface area contributed by atoms with E-state index in [2.05, 4.69) is 15.4 Å². The summed E-state index contributed by atoms with van der Waals surface area (Å²) in [5.41, 5.74) is 0.265. The topological polar surface area (TPSA) is 104 Å². The molecule has 0 atom stereocenters. The molecule has 0 aliphatic carbocycles. The van der Waals surface area contributed by atoms with Crippen LogP contribution in [0.2, 0.25) is 0 Å². The first-order valence-corrected chi connectivity index (χ1v) is 5.04. The number of H-pyrrole nitrogens is 1. The first kappa shape index (κ1) is 11.6. The van der Waals surface area contributed by atoms with E-state index in [1.165, 1.54) is 29.2 Å². The molecular weight excluding hydrogens is 234 g/mol. The van der Waals surface area contributed by atoms with E-state index < -0.39 is 5.91 Å². The molecule has 1 amide bonds. The summed E-state index contributed by atoms with van der Waals surface area (Å²) in [5, 5.41) is 15.3. The third kappa shape index (κ3) is 2.27. The quantitative estimate of drug-likeness (QED) is 0.787. The average Bonchev–Trinajstić information content (AvgIpc) is 2.70. The highest BCUT2D eigenvalue weighted by Crippen LogP contribution is 2.11. The van der Waals surface area contributed by atoms with Gasteiger partial charge in [-0.3, -0.25) is 14.3 Å². The predicted octanol–water partition coefficient (Wildman–Crippen LogP) is 0.232. The number of aromatic nitrogens is 3. The van der Waals surface area contributed by atoms with E-state index >= 15 is 0 Å². The third-order valence-electron chi connectivity index (χ3n) is 2.23. The molecule has 0 spiro atoms. The van der Waals surface area contributed by atoms with E-state index in [9.17, 15) is 9.59 Å². The fourth-order valence-corrected chi connectivity index (χ4v) is 1.39. The zero-order valence-electron chi connectivity index (χ0n) is 9.47. The van der Waals surface area contributed by atoms with Crippen LogP contribution in [-0.4, -0.2) is 20.7 Å². The lowest BCUT2D eigenvalue weighted by Crippen LogP contribution is -2.15. The number of aromatic amines is 1. The molecule has 2 aromatic rings. The molecule has 0 aliphatic rings. The van der Waals surface area contributed by atoms with Gasteiger partial charge in [0.1, 0.15) is 11.6 Å². The summed E-state index contributed by atoms with van der Waals surface area (Å²) in [6, 6.07) is 4.57. The van der Waals surface area contributed by atoms with Gasteiger partial charge in [0.25, 0.3) is 5.91 Å². The van der Waals surface area contributed by atoms with Crippen LogP contribution in [0.1, 0.15) is 15.9 Å². The van der Waals surface area contributed by atoms with Gasteiger partial charge in [0.15, 0.2) is 5.82 Å². The molecule has 0 saturated carbocycles. The number of rotatable bonds is 2. The molecule has 2 aromatic heterocycles. The maximum absolute atomic E-state index is 11.8. The Morgan fingerprint density at radius 2 is 2.33 bits per heavy atom. The van der Waals surface area contributed by atoms with E-state index in [0.29, 0.717) is 0 Å². The molecule has 0 radical (unpaired) electrons. The van der Waals surface area contributed by atoms with E-state index in [-0.39, 0.29) is 22.5 Å². The first-order chi connectivity index (χ1) is 8.60. The summed E-state index contributed by atoms with van der Waals surface area (Å²) >= 11 is 0. The zero-order chi connectivity index (χ0) is 13.1. The van der Waals surface area contributed by atoms with Crippen LogP contribution in [0.15, 0.2) is 29.3 Å². The van der Waals surface area contributed by atoms with Crippen molar-refractivity contribution >= 4 is 11.7 Å². The predicted molar refractivity (Wildman–Crippen MR) is 62.9 cm³/mol. The minimum absolute atomic E-state index is 0.191. The second-order valence-corrected chi connectivity index (χ2v) is 3.57. The molecule has 0 fully saturated rings. The second kappa shape index (κ2) is 4.55. The van der Waals surface area contributed by atoms with E-state index in [1.807, 2.05) is 6.07 Å². The monoisotopic (exact) mass is 243 g/mol. The number of anilines is 1. The Morgan fingerprint density at radius 1 is 1.56 bits per heavy atom. The molecule has 18 heavy (non-hydrogen) atoms. The molecule has 0 unspecified atom stereocenters. The Hall–Kier alpha value is -2.88. The number of nitriles is 1. The van der Waals surface area contributed by atoms with Crippen LogP contribution < -0.4 is 10.9 Å². The van der Waals surface area contributed by atoms with E-state index in [4.69, 9.17) is 5.26 Å². The van der Waals surface area contributed by atoms with Crippen LogP contribution in [0.4, 0.5) is 5.82 Å². The van der Waals surface area contributed by atoms with Gasteiger partial charge < -0.3 is 10.3 Å². The highest BCUT2D eigenvalue weighted by atomic mass is 16.2. The lowest BCUT2D eigenvalue weighted by molar-refractivity contribution is 0.102. The summed E-state index contributed by atoms with van der Waals surface area (Å²) in [6.07, 6.45) is 2.80. The van der Waals surface area contributed by atoms with Crippen LogP contribution in [0.3, 0.4) is 0 Å². The molecular formula is C11H9N5O2. The SMILES string of the molecule is Cn1cc(C#N)c(NC(=O)c2ccc(=O)[nH]c2)n1.